The Bertz CT molecular complexity index is 102. The van der Waals surface area contributed by atoms with Crippen LogP contribution >= 0.6 is 0 Å². The first-order chi connectivity index (χ1) is 5.14. The molecule has 1 rings (SSSR count). The molecule has 0 amide bonds. The van der Waals surface area contributed by atoms with Crippen LogP contribution in [0.5, 0.6) is 0 Å². The van der Waals surface area contributed by atoms with E-state index in [1.807, 2.05) is 27.7 Å². The second-order valence-corrected chi connectivity index (χ2v) is 2.63. The van der Waals surface area contributed by atoms with Crippen LogP contribution in [0, 0.1) is 0 Å². The fraction of sp³-hybridized carbons (Fsp3) is 1.00. The minimum atomic E-state index is -0.493. The summed E-state index contributed by atoms with van der Waals surface area (Å²) >= 11 is 0. The highest BCUT2D eigenvalue weighted by atomic mass is 16.7. The monoisotopic (exact) mass is 162 g/mol. The topological polar surface area (TPSA) is 38.7 Å². The van der Waals surface area contributed by atoms with Crippen LogP contribution in [0.15, 0.2) is 0 Å². The number of aliphatic hydroxyl groups is 1. The van der Waals surface area contributed by atoms with Crippen molar-refractivity contribution in [2.24, 2.45) is 0 Å². The van der Waals surface area contributed by atoms with E-state index in [2.05, 4.69) is 0 Å². The van der Waals surface area contributed by atoms with Crippen molar-refractivity contribution in [2.75, 3.05) is 13.2 Å². The Morgan fingerprint density at radius 2 is 2.00 bits per heavy atom. The first-order valence-corrected chi connectivity index (χ1v) is 4.07. The summed E-state index contributed by atoms with van der Waals surface area (Å²) in [6.07, 6.45) is -0.125. The Morgan fingerprint density at radius 1 is 1.45 bits per heavy atom. The minimum Gasteiger partial charge on any atom is -0.394 e. The molecule has 0 saturated carbocycles. The fourth-order valence-electron chi connectivity index (χ4n) is 0.853. The van der Waals surface area contributed by atoms with Gasteiger partial charge in [0.1, 0.15) is 6.10 Å². The van der Waals surface area contributed by atoms with Crippen LogP contribution < -0.4 is 0 Å². The third kappa shape index (κ3) is 3.70. The molecule has 0 spiro atoms. The first kappa shape index (κ1) is 10.9. The Kier molecular flexibility index (Phi) is 4.65. The van der Waals surface area contributed by atoms with E-state index in [0.29, 0.717) is 6.61 Å². The average Bonchev–Trinajstić information content (AvgIpc) is 2.34. The van der Waals surface area contributed by atoms with E-state index < -0.39 is 5.79 Å². The molecule has 68 valence electrons. The Balaban J connectivity index is 0.000000461. The molecule has 3 heteroatoms. The minimum absolute atomic E-state index is 0.0451. The van der Waals surface area contributed by atoms with Gasteiger partial charge in [-0.25, -0.2) is 0 Å². The van der Waals surface area contributed by atoms with Crippen molar-refractivity contribution < 1.29 is 14.6 Å². The lowest BCUT2D eigenvalue weighted by molar-refractivity contribution is -0.142. The third-order valence-corrected chi connectivity index (χ3v) is 1.27. The Labute approximate surface area is 68.3 Å². The largest absolute Gasteiger partial charge is 0.394 e. The number of rotatable bonds is 1. The van der Waals surface area contributed by atoms with Gasteiger partial charge in [0.2, 0.25) is 0 Å². The second kappa shape index (κ2) is 4.70. The predicted molar refractivity (Wildman–Crippen MR) is 43.3 cm³/mol. The predicted octanol–water partition coefficient (Wildman–Crippen LogP) is 1.16. The van der Waals surface area contributed by atoms with Gasteiger partial charge in [-0.15, -0.1) is 0 Å². The van der Waals surface area contributed by atoms with Crippen LogP contribution in [0.3, 0.4) is 0 Å². The molecule has 1 atom stereocenters. The number of ether oxygens (including phenoxy) is 2. The van der Waals surface area contributed by atoms with Crippen LogP contribution in [0.4, 0.5) is 0 Å². The van der Waals surface area contributed by atoms with Crippen molar-refractivity contribution in [2.45, 2.75) is 39.6 Å². The van der Waals surface area contributed by atoms with Crippen LogP contribution in [0.25, 0.3) is 0 Å². The molecular formula is C8H18O3. The van der Waals surface area contributed by atoms with E-state index in [-0.39, 0.29) is 12.7 Å². The van der Waals surface area contributed by atoms with E-state index in [1.54, 1.807) is 0 Å². The van der Waals surface area contributed by atoms with Gasteiger partial charge in [0, 0.05) is 0 Å². The number of hydrogen-bond donors (Lipinski definition) is 1. The van der Waals surface area contributed by atoms with Crippen LogP contribution in [-0.2, 0) is 9.47 Å². The van der Waals surface area contributed by atoms with Crippen molar-refractivity contribution in [1.82, 2.24) is 0 Å². The molecule has 0 aromatic carbocycles. The van der Waals surface area contributed by atoms with Crippen molar-refractivity contribution in [3.63, 3.8) is 0 Å². The van der Waals surface area contributed by atoms with Gasteiger partial charge in [-0.3, -0.25) is 0 Å². The van der Waals surface area contributed by atoms with Crippen molar-refractivity contribution in [1.29, 1.82) is 0 Å². The molecule has 1 heterocycles. The van der Waals surface area contributed by atoms with Gasteiger partial charge < -0.3 is 14.6 Å². The number of hydrogen-bond acceptors (Lipinski definition) is 3. The highest BCUT2D eigenvalue weighted by molar-refractivity contribution is 4.69. The number of aliphatic hydroxyl groups excluding tert-OH is 1. The third-order valence-electron chi connectivity index (χ3n) is 1.27. The zero-order chi connectivity index (χ0) is 8.91. The molecule has 1 unspecified atom stereocenters. The van der Waals surface area contributed by atoms with Crippen LogP contribution in [0.2, 0.25) is 0 Å². The molecule has 1 saturated heterocycles. The fourth-order valence-corrected chi connectivity index (χ4v) is 0.853. The molecule has 1 aliphatic rings. The summed E-state index contributed by atoms with van der Waals surface area (Å²) < 4.78 is 10.4. The Hall–Kier alpha value is -0.120. The molecule has 11 heavy (non-hydrogen) atoms. The van der Waals surface area contributed by atoms with E-state index in [0.717, 1.165) is 0 Å². The quantitative estimate of drug-likeness (QED) is 0.628. The molecule has 1 fully saturated rings. The van der Waals surface area contributed by atoms with Crippen molar-refractivity contribution >= 4 is 0 Å². The Morgan fingerprint density at radius 3 is 2.18 bits per heavy atom. The standard InChI is InChI=1S/C6H12O3.C2H6/c1-6(2)8-4-5(3-7)9-6;1-2/h5,7H,3-4H2,1-2H3;1-2H3. The highest BCUT2D eigenvalue weighted by Crippen LogP contribution is 2.21. The van der Waals surface area contributed by atoms with Gasteiger partial charge in [0.15, 0.2) is 5.79 Å². The summed E-state index contributed by atoms with van der Waals surface area (Å²) in [6.45, 7) is 8.22. The summed E-state index contributed by atoms with van der Waals surface area (Å²) in [4.78, 5) is 0. The average molecular weight is 162 g/mol. The molecule has 0 aliphatic carbocycles. The van der Waals surface area contributed by atoms with E-state index in [9.17, 15) is 0 Å². The summed E-state index contributed by atoms with van der Waals surface area (Å²) in [6, 6.07) is 0. The van der Waals surface area contributed by atoms with E-state index in [4.69, 9.17) is 14.6 Å². The summed E-state index contributed by atoms with van der Waals surface area (Å²) in [5.41, 5.74) is 0. The van der Waals surface area contributed by atoms with Crippen molar-refractivity contribution in [3.05, 3.63) is 0 Å². The second-order valence-electron chi connectivity index (χ2n) is 2.63. The molecular weight excluding hydrogens is 144 g/mol. The van der Waals surface area contributed by atoms with Crippen LogP contribution in [0.1, 0.15) is 27.7 Å². The highest BCUT2D eigenvalue weighted by Gasteiger charge is 2.31. The van der Waals surface area contributed by atoms with Crippen LogP contribution in [-0.4, -0.2) is 30.2 Å². The molecule has 0 radical (unpaired) electrons. The van der Waals surface area contributed by atoms with Gasteiger partial charge in [-0.1, -0.05) is 13.8 Å². The lowest BCUT2D eigenvalue weighted by Crippen LogP contribution is -2.22. The van der Waals surface area contributed by atoms with Gasteiger partial charge >= 0.3 is 0 Å². The zero-order valence-corrected chi connectivity index (χ0v) is 7.76. The van der Waals surface area contributed by atoms with Gasteiger partial charge in [-0.2, -0.15) is 0 Å². The van der Waals surface area contributed by atoms with Gasteiger partial charge in [-0.05, 0) is 13.8 Å². The molecule has 0 aromatic heterocycles. The molecule has 3 nitrogen and oxygen atoms in total. The lowest BCUT2D eigenvalue weighted by Gasteiger charge is -2.15. The molecule has 0 aromatic rings. The van der Waals surface area contributed by atoms with Gasteiger partial charge in [0.05, 0.1) is 13.2 Å². The molecule has 0 bridgehead atoms. The van der Waals surface area contributed by atoms with E-state index in [1.165, 1.54) is 0 Å². The molecule has 1 N–H and O–H groups in total. The maximum absolute atomic E-state index is 8.59. The SMILES string of the molecule is CC.CC1(C)OCC(CO)O1. The zero-order valence-electron chi connectivity index (χ0n) is 7.76. The maximum atomic E-state index is 8.59. The first-order valence-electron chi connectivity index (χ1n) is 4.07. The lowest BCUT2D eigenvalue weighted by atomic mass is 10.4. The summed E-state index contributed by atoms with van der Waals surface area (Å²) in [5, 5.41) is 8.59. The normalized spacial score (nSPS) is 27.5. The van der Waals surface area contributed by atoms with Gasteiger partial charge in [0.25, 0.3) is 0 Å². The van der Waals surface area contributed by atoms with Crippen molar-refractivity contribution in [3.8, 4) is 0 Å². The summed E-state index contributed by atoms with van der Waals surface area (Å²) in [7, 11) is 0. The maximum Gasteiger partial charge on any atom is 0.163 e. The summed E-state index contributed by atoms with van der Waals surface area (Å²) in [5.74, 6) is -0.493. The van der Waals surface area contributed by atoms with E-state index >= 15 is 0 Å². The smallest absolute Gasteiger partial charge is 0.163 e. The molecule has 1 aliphatic heterocycles.